The highest BCUT2D eigenvalue weighted by Gasteiger charge is 2.23. The Hall–Kier alpha value is -3.48. The largest absolute Gasteiger partial charge is 0.419 e. The van der Waals surface area contributed by atoms with Crippen LogP contribution in [-0.2, 0) is 23.0 Å². The summed E-state index contributed by atoms with van der Waals surface area (Å²) in [6, 6.07) is 11.0. The van der Waals surface area contributed by atoms with E-state index in [4.69, 9.17) is 9.15 Å². The number of rotatable bonds is 5. The topological polar surface area (TPSA) is 109 Å². The van der Waals surface area contributed by atoms with Gasteiger partial charge in [0.15, 0.2) is 5.58 Å². The van der Waals surface area contributed by atoms with Gasteiger partial charge >= 0.3 is 5.76 Å². The summed E-state index contributed by atoms with van der Waals surface area (Å²) in [5, 5.41) is 15.3. The number of hydrogen-bond donors (Lipinski definition) is 2. The van der Waals surface area contributed by atoms with Crippen molar-refractivity contribution in [2.24, 2.45) is 7.05 Å². The van der Waals surface area contributed by atoms with E-state index in [0.29, 0.717) is 40.9 Å². The molecule has 2 unspecified atom stereocenters. The van der Waals surface area contributed by atoms with Crippen molar-refractivity contribution in [2.75, 3.05) is 19.7 Å². The number of hydrogen-bond acceptors (Lipinski definition) is 6. The summed E-state index contributed by atoms with van der Waals surface area (Å²) in [6.07, 6.45) is 0.330. The number of aromatic nitrogens is 1. The molecule has 8 nitrogen and oxygen atoms in total. The number of fused-ring (bicyclic) bond motifs is 1. The van der Waals surface area contributed by atoms with Gasteiger partial charge in [0.05, 0.1) is 11.6 Å². The lowest BCUT2D eigenvalue weighted by Gasteiger charge is -2.18. The van der Waals surface area contributed by atoms with Gasteiger partial charge in [-0.25, -0.2) is 9.18 Å². The molecule has 9 heteroatoms. The minimum absolute atomic E-state index is 0.162. The van der Waals surface area contributed by atoms with E-state index in [9.17, 15) is 19.2 Å². The Kier molecular flexibility index (Phi) is 6.35. The molecule has 4 rings (SSSR count). The predicted octanol–water partition coefficient (Wildman–Crippen LogP) is 1.87. The molecule has 1 aromatic heterocycles. The summed E-state index contributed by atoms with van der Waals surface area (Å²) in [5.41, 5.74) is 2.54. The van der Waals surface area contributed by atoms with E-state index in [0.717, 1.165) is 13.0 Å². The van der Waals surface area contributed by atoms with Crippen molar-refractivity contribution >= 4 is 17.0 Å². The van der Waals surface area contributed by atoms with Crippen molar-refractivity contribution in [1.82, 2.24) is 15.2 Å². The first-order valence-corrected chi connectivity index (χ1v) is 10.4. The monoisotopic (exact) mass is 438 g/mol. The van der Waals surface area contributed by atoms with E-state index in [2.05, 4.69) is 16.7 Å². The van der Waals surface area contributed by atoms with Crippen LogP contribution in [0.4, 0.5) is 4.39 Å². The molecular formula is C23H23FN4O4. The summed E-state index contributed by atoms with van der Waals surface area (Å²) in [4.78, 5) is 24.1. The second-order valence-electron chi connectivity index (χ2n) is 7.74. The van der Waals surface area contributed by atoms with E-state index < -0.39 is 23.7 Å². The lowest BCUT2D eigenvalue weighted by molar-refractivity contribution is -0.132. The molecule has 32 heavy (non-hydrogen) atoms. The number of halogens is 1. The number of ether oxygens (including phenoxy) is 1. The van der Waals surface area contributed by atoms with Crippen LogP contribution in [0.25, 0.3) is 22.2 Å². The molecule has 1 aliphatic heterocycles. The summed E-state index contributed by atoms with van der Waals surface area (Å²) in [6.45, 7) is 1.65. The molecule has 3 aromatic rings. The van der Waals surface area contributed by atoms with Crippen LogP contribution in [0.2, 0.25) is 0 Å². The standard InChI is InChI=1S/C23H23FN4O4/c1-28-19-11-15(4-6-20(19)32-23(28)30)17-5-3-14(10-18(17)24)9-16(12-25)27-22(29)21-13-26-7-2-8-31-21/h3-6,10-11,16,21,26H,2,7-9,13H2,1H3,(H,27,29). The Morgan fingerprint density at radius 1 is 1.38 bits per heavy atom. The fourth-order valence-corrected chi connectivity index (χ4v) is 3.73. The fraction of sp³-hybridized carbons (Fsp3) is 0.348. The summed E-state index contributed by atoms with van der Waals surface area (Å²) >= 11 is 0. The second-order valence-corrected chi connectivity index (χ2v) is 7.74. The van der Waals surface area contributed by atoms with Crippen molar-refractivity contribution in [3.63, 3.8) is 0 Å². The number of nitrogens with zero attached hydrogens (tertiary/aromatic N) is 2. The van der Waals surface area contributed by atoms with Gasteiger partial charge in [-0.2, -0.15) is 5.26 Å². The zero-order chi connectivity index (χ0) is 22.7. The quantitative estimate of drug-likeness (QED) is 0.630. The first kappa shape index (κ1) is 21.7. The van der Waals surface area contributed by atoms with Gasteiger partial charge in [-0.05, 0) is 42.3 Å². The van der Waals surface area contributed by atoms with Crippen LogP contribution in [0.15, 0.2) is 45.6 Å². The molecule has 2 N–H and O–H groups in total. The molecular weight excluding hydrogens is 415 g/mol. The number of nitriles is 1. The van der Waals surface area contributed by atoms with E-state index in [1.165, 1.54) is 10.6 Å². The van der Waals surface area contributed by atoms with Gasteiger partial charge < -0.3 is 19.8 Å². The smallest absolute Gasteiger partial charge is 0.408 e. The van der Waals surface area contributed by atoms with Gasteiger partial charge in [-0.3, -0.25) is 9.36 Å². The van der Waals surface area contributed by atoms with Gasteiger partial charge in [0, 0.05) is 32.2 Å². The molecule has 0 saturated carbocycles. The van der Waals surface area contributed by atoms with Crippen LogP contribution < -0.4 is 16.4 Å². The van der Waals surface area contributed by atoms with Gasteiger partial charge in [0.1, 0.15) is 18.0 Å². The highest BCUT2D eigenvalue weighted by Crippen LogP contribution is 2.27. The minimum Gasteiger partial charge on any atom is -0.408 e. The molecule has 1 fully saturated rings. The van der Waals surface area contributed by atoms with Crippen molar-refractivity contribution in [3.05, 3.63) is 58.3 Å². The number of carbonyl (C=O) groups is 1. The van der Waals surface area contributed by atoms with Crippen LogP contribution in [0.1, 0.15) is 12.0 Å². The Labute approximate surface area is 183 Å². The first-order valence-electron chi connectivity index (χ1n) is 10.4. The normalized spacial score (nSPS) is 17.5. The summed E-state index contributed by atoms with van der Waals surface area (Å²) in [5.74, 6) is -1.31. The predicted molar refractivity (Wildman–Crippen MR) is 115 cm³/mol. The number of oxazole rings is 1. The van der Waals surface area contributed by atoms with Crippen molar-refractivity contribution in [2.45, 2.75) is 25.0 Å². The lowest BCUT2D eigenvalue weighted by atomic mass is 9.99. The molecule has 2 atom stereocenters. The van der Waals surface area contributed by atoms with Crippen LogP contribution >= 0.6 is 0 Å². The lowest BCUT2D eigenvalue weighted by Crippen LogP contribution is -2.46. The van der Waals surface area contributed by atoms with Crippen molar-refractivity contribution in [3.8, 4) is 17.2 Å². The minimum atomic E-state index is -0.809. The molecule has 1 aliphatic rings. The Morgan fingerprint density at radius 3 is 3.00 bits per heavy atom. The molecule has 166 valence electrons. The average molecular weight is 438 g/mol. The SMILES string of the molecule is Cn1c(=O)oc2ccc(-c3ccc(CC(C#N)NC(=O)C4CNCCCO4)cc3F)cc21. The van der Waals surface area contributed by atoms with Crippen molar-refractivity contribution in [1.29, 1.82) is 5.26 Å². The maximum atomic E-state index is 14.9. The van der Waals surface area contributed by atoms with E-state index in [-0.39, 0.29) is 12.3 Å². The zero-order valence-electron chi connectivity index (χ0n) is 17.6. The van der Waals surface area contributed by atoms with Crippen LogP contribution in [0.3, 0.4) is 0 Å². The Balaban J connectivity index is 1.49. The summed E-state index contributed by atoms with van der Waals surface area (Å²) < 4.78 is 26.9. The second kappa shape index (κ2) is 9.34. The third-order valence-electron chi connectivity index (χ3n) is 5.49. The maximum absolute atomic E-state index is 14.9. The molecule has 2 aromatic carbocycles. The number of nitrogens with one attached hydrogen (secondary N) is 2. The Bertz CT molecular complexity index is 1240. The average Bonchev–Trinajstić information content (AvgIpc) is 2.96. The molecule has 0 bridgehead atoms. The number of carbonyl (C=O) groups excluding carboxylic acids is 1. The van der Waals surface area contributed by atoms with Gasteiger partial charge in [-0.15, -0.1) is 0 Å². The number of aryl methyl sites for hydroxylation is 1. The van der Waals surface area contributed by atoms with Gasteiger partial charge in [0.25, 0.3) is 5.91 Å². The highest BCUT2D eigenvalue weighted by molar-refractivity contribution is 5.82. The summed E-state index contributed by atoms with van der Waals surface area (Å²) in [7, 11) is 1.59. The van der Waals surface area contributed by atoms with Crippen molar-refractivity contribution < 1.29 is 18.3 Å². The third kappa shape index (κ3) is 4.56. The Morgan fingerprint density at radius 2 is 2.22 bits per heavy atom. The van der Waals surface area contributed by atoms with Gasteiger partial charge in [0.2, 0.25) is 0 Å². The zero-order valence-corrected chi connectivity index (χ0v) is 17.6. The molecule has 0 radical (unpaired) electrons. The number of benzene rings is 2. The maximum Gasteiger partial charge on any atom is 0.419 e. The van der Waals surface area contributed by atoms with Gasteiger partial charge in [-0.1, -0.05) is 18.2 Å². The van der Waals surface area contributed by atoms with E-state index >= 15 is 0 Å². The highest BCUT2D eigenvalue weighted by atomic mass is 19.1. The van der Waals surface area contributed by atoms with Crippen LogP contribution in [0.5, 0.6) is 0 Å². The molecule has 0 spiro atoms. The van der Waals surface area contributed by atoms with Crippen LogP contribution in [-0.4, -0.2) is 42.3 Å². The first-order chi connectivity index (χ1) is 15.5. The molecule has 0 aliphatic carbocycles. The van der Waals surface area contributed by atoms with Crippen LogP contribution in [0, 0.1) is 17.1 Å². The molecule has 1 saturated heterocycles. The molecule has 2 heterocycles. The fourth-order valence-electron chi connectivity index (χ4n) is 3.73. The van der Waals surface area contributed by atoms with E-state index in [1.807, 2.05) is 0 Å². The third-order valence-corrected chi connectivity index (χ3v) is 5.49. The number of amides is 1. The van der Waals surface area contributed by atoms with E-state index in [1.54, 1.807) is 37.4 Å². The molecule has 1 amide bonds.